The maximum absolute atomic E-state index is 12.5. The molecule has 0 aliphatic heterocycles. The van der Waals surface area contributed by atoms with Crippen LogP contribution in [0, 0.1) is 13.8 Å². The van der Waals surface area contributed by atoms with Crippen molar-refractivity contribution in [2.45, 2.75) is 46.5 Å². The van der Waals surface area contributed by atoms with Crippen molar-refractivity contribution in [3.05, 3.63) is 23.2 Å². The van der Waals surface area contributed by atoms with Crippen molar-refractivity contribution in [1.29, 1.82) is 0 Å². The predicted octanol–water partition coefficient (Wildman–Crippen LogP) is 3.00. The van der Waals surface area contributed by atoms with Gasteiger partial charge in [0.05, 0.1) is 12.0 Å². The van der Waals surface area contributed by atoms with Crippen LogP contribution in [-0.4, -0.2) is 35.0 Å². The van der Waals surface area contributed by atoms with Crippen molar-refractivity contribution in [1.82, 2.24) is 4.90 Å². The summed E-state index contributed by atoms with van der Waals surface area (Å²) < 4.78 is 5.37. The van der Waals surface area contributed by atoms with E-state index in [9.17, 15) is 9.59 Å². The van der Waals surface area contributed by atoms with Crippen molar-refractivity contribution in [2.24, 2.45) is 0 Å². The molecule has 0 unspecified atom stereocenters. The monoisotopic (exact) mass is 281 g/mol. The molecule has 0 aliphatic carbocycles. The smallest absolute Gasteiger partial charge is 0.305 e. The molecule has 0 bridgehead atoms. The molecule has 1 aromatic rings. The van der Waals surface area contributed by atoms with Crippen molar-refractivity contribution in [3.63, 3.8) is 0 Å². The molecule has 5 heteroatoms. The highest BCUT2D eigenvalue weighted by atomic mass is 16.4. The van der Waals surface area contributed by atoms with E-state index in [1.807, 2.05) is 0 Å². The molecule has 0 saturated carbocycles. The van der Waals surface area contributed by atoms with E-state index in [0.717, 1.165) is 19.3 Å². The number of nitrogens with zero attached hydrogens (tertiary/aromatic N) is 1. The Balaban J connectivity index is 2.76. The first-order valence-corrected chi connectivity index (χ1v) is 7.03. The molecule has 1 aromatic heterocycles. The summed E-state index contributed by atoms with van der Waals surface area (Å²) in [6.45, 7) is 6.46. The first-order chi connectivity index (χ1) is 9.45. The van der Waals surface area contributed by atoms with Gasteiger partial charge in [-0.15, -0.1) is 0 Å². The molecule has 0 spiro atoms. The third kappa shape index (κ3) is 4.72. The van der Waals surface area contributed by atoms with Crippen molar-refractivity contribution in [2.75, 3.05) is 13.1 Å². The van der Waals surface area contributed by atoms with Crippen LogP contribution < -0.4 is 0 Å². The summed E-state index contributed by atoms with van der Waals surface area (Å²) >= 11 is 0. The van der Waals surface area contributed by atoms with Gasteiger partial charge in [-0.05, 0) is 26.3 Å². The average molecular weight is 281 g/mol. The molecule has 20 heavy (non-hydrogen) atoms. The van der Waals surface area contributed by atoms with Gasteiger partial charge in [-0.25, -0.2) is 0 Å². The van der Waals surface area contributed by atoms with Crippen LogP contribution in [0.5, 0.6) is 0 Å². The summed E-state index contributed by atoms with van der Waals surface area (Å²) in [7, 11) is 0. The van der Waals surface area contributed by atoms with Crippen LogP contribution in [-0.2, 0) is 4.79 Å². The normalized spacial score (nSPS) is 10.6. The van der Waals surface area contributed by atoms with E-state index in [-0.39, 0.29) is 18.9 Å². The van der Waals surface area contributed by atoms with E-state index in [4.69, 9.17) is 9.52 Å². The fraction of sp³-hybridized carbons (Fsp3) is 0.600. The molecular weight excluding hydrogens is 258 g/mol. The lowest BCUT2D eigenvalue weighted by atomic mass is 10.2. The number of carbonyl (C=O) groups is 2. The molecule has 5 nitrogen and oxygen atoms in total. The number of aryl methyl sites for hydroxylation is 2. The first-order valence-electron chi connectivity index (χ1n) is 7.03. The topological polar surface area (TPSA) is 70.8 Å². The van der Waals surface area contributed by atoms with Gasteiger partial charge in [0.15, 0.2) is 0 Å². The predicted molar refractivity (Wildman–Crippen MR) is 75.9 cm³/mol. The van der Waals surface area contributed by atoms with Crippen LogP contribution in [0.3, 0.4) is 0 Å². The molecule has 1 N–H and O–H groups in total. The molecular formula is C15H23NO4. The number of hydrogen-bond acceptors (Lipinski definition) is 3. The summed E-state index contributed by atoms with van der Waals surface area (Å²) in [5, 5.41) is 8.79. The Morgan fingerprint density at radius 1 is 1.25 bits per heavy atom. The number of furan rings is 1. The Hall–Kier alpha value is -1.78. The quantitative estimate of drug-likeness (QED) is 0.743. The third-order valence-corrected chi connectivity index (χ3v) is 3.19. The van der Waals surface area contributed by atoms with Gasteiger partial charge in [0.2, 0.25) is 0 Å². The lowest BCUT2D eigenvalue weighted by Crippen LogP contribution is -2.34. The van der Waals surface area contributed by atoms with E-state index in [1.54, 1.807) is 24.8 Å². The highest BCUT2D eigenvalue weighted by Gasteiger charge is 2.20. The van der Waals surface area contributed by atoms with Crippen LogP contribution in [0.2, 0.25) is 0 Å². The highest BCUT2D eigenvalue weighted by Crippen LogP contribution is 2.16. The molecule has 0 fully saturated rings. The molecule has 0 aliphatic rings. The summed E-state index contributed by atoms with van der Waals surface area (Å²) in [5.41, 5.74) is 0.532. The molecule has 0 aromatic carbocycles. The minimum absolute atomic E-state index is 0.0340. The lowest BCUT2D eigenvalue weighted by molar-refractivity contribution is -0.137. The second kappa shape index (κ2) is 7.72. The zero-order valence-electron chi connectivity index (χ0n) is 12.4. The van der Waals surface area contributed by atoms with Gasteiger partial charge in [-0.3, -0.25) is 9.59 Å². The number of carbonyl (C=O) groups excluding carboxylic acids is 1. The molecule has 1 heterocycles. The van der Waals surface area contributed by atoms with E-state index < -0.39 is 5.97 Å². The Morgan fingerprint density at radius 2 is 1.95 bits per heavy atom. The molecule has 1 rings (SSSR count). The maximum atomic E-state index is 12.5. The first kappa shape index (κ1) is 16.3. The van der Waals surface area contributed by atoms with Gasteiger partial charge < -0.3 is 14.4 Å². The van der Waals surface area contributed by atoms with E-state index in [1.165, 1.54) is 0 Å². The van der Waals surface area contributed by atoms with Gasteiger partial charge in [0.1, 0.15) is 11.5 Å². The number of carboxylic acids is 1. The molecule has 0 radical (unpaired) electrons. The minimum atomic E-state index is -0.890. The largest absolute Gasteiger partial charge is 0.481 e. The number of aliphatic carboxylic acids is 1. The zero-order chi connectivity index (χ0) is 15.1. The lowest BCUT2D eigenvalue weighted by Gasteiger charge is -2.21. The molecule has 1 amide bonds. The SMILES string of the molecule is CCCCCN(CCC(=O)O)C(=O)c1cc(C)oc1C. The van der Waals surface area contributed by atoms with E-state index in [2.05, 4.69) is 6.92 Å². The maximum Gasteiger partial charge on any atom is 0.305 e. The summed E-state index contributed by atoms with van der Waals surface area (Å²) in [4.78, 5) is 24.8. The Kier molecular flexibility index (Phi) is 6.28. The van der Waals surface area contributed by atoms with Crippen LogP contribution >= 0.6 is 0 Å². The number of amides is 1. The van der Waals surface area contributed by atoms with Gasteiger partial charge in [0, 0.05) is 13.1 Å². The Morgan fingerprint density at radius 3 is 2.45 bits per heavy atom. The Labute approximate surface area is 119 Å². The zero-order valence-corrected chi connectivity index (χ0v) is 12.4. The van der Waals surface area contributed by atoms with Crippen molar-refractivity contribution < 1.29 is 19.1 Å². The molecule has 0 atom stereocenters. The minimum Gasteiger partial charge on any atom is -0.481 e. The number of carboxylic acid groups (broad SMARTS) is 1. The second-order valence-electron chi connectivity index (χ2n) is 4.97. The van der Waals surface area contributed by atoms with Crippen LogP contribution in [0.4, 0.5) is 0 Å². The standard InChI is InChI=1S/C15H23NO4/c1-4-5-6-8-16(9-7-14(17)18)15(19)13-10-11(2)20-12(13)3/h10H,4-9H2,1-3H3,(H,17,18). The molecule has 0 saturated heterocycles. The summed E-state index contributed by atoms with van der Waals surface area (Å²) in [6, 6.07) is 1.71. The summed E-state index contributed by atoms with van der Waals surface area (Å²) in [5.74, 6) is 0.246. The molecule has 112 valence electrons. The third-order valence-electron chi connectivity index (χ3n) is 3.19. The number of rotatable bonds is 8. The fourth-order valence-corrected chi connectivity index (χ4v) is 2.11. The van der Waals surface area contributed by atoms with Gasteiger partial charge in [0.25, 0.3) is 5.91 Å². The van der Waals surface area contributed by atoms with Gasteiger partial charge in [-0.2, -0.15) is 0 Å². The Bertz CT molecular complexity index is 464. The number of unbranched alkanes of at least 4 members (excludes halogenated alkanes) is 2. The van der Waals surface area contributed by atoms with Gasteiger partial charge >= 0.3 is 5.97 Å². The van der Waals surface area contributed by atoms with Crippen LogP contribution in [0.15, 0.2) is 10.5 Å². The van der Waals surface area contributed by atoms with E-state index >= 15 is 0 Å². The van der Waals surface area contributed by atoms with Crippen molar-refractivity contribution in [3.8, 4) is 0 Å². The van der Waals surface area contributed by atoms with Crippen LogP contribution in [0.25, 0.3) is 0 Å². The fourth-order valence-electron chi connectivity index (χ4n) is 2.11. The number of hydrogen-bond donors (Lipinski definition) is 1. The van der Waals surface area contributed by atoms with E-state index in [0.29, 0.717) is 23.6 Å². The highest BCUT2D eigenvalue weighted by molar-refractivity contribution is 5.95. The summed E-state index contributed by atoms with van der Waals surface area (Å²) in [6.07, 6.45) is 2.94. The van der Waals surface area contributed by atoms with Crippen molar-refractivity contribution >= 4 is 11.9 Å². The van der Waals surface area contributed by atoms with Crippen LogP contribution in [0.1, 0.15) is 54.5 Å². The van der Waals surface area contributed by atoms with Gasteiger partial charge in [-0.1, -0.05) is 19.8 Å². The average Bonchev–Trinajstić information content (AvgIpc) is 2.71. The second-order valence-corrected chi connectivity index (χ2v) is 4.97.